The van der Waals surface area contributed by atoms with Crippen molar-refractivity contribution < 1.29 is 4.74 Å². The molecule has 1 N–H and O–H groups in total. The molecule has 0 aliphatic carbocycles. The molecule has 6 nitrogen and oxygen atoms in total. The molecule has 3 aromatic carbocycles. The van der Waals surface area contributed by atoms with E-state index in [1.807, 2.05) is 65.3 Å². The molecule has 0 spiro atoms. The highest BCUT2D eigenvalue weighted by molar-refractivity contribution is 7.12. The van der Waals surface area contributed by atoms with E-state index in [4.69, 9.17) is 4.74 Å². The number of tetrazole rings is 1. The van der Waals surface area contributed by atoms with Crippen molar-refractivity contribution in [3.63, 3.8) is 0 Å². The van der Waals surface area contributed by atoms with Crippen LogP contribution in [-0.2, 0) is 0 Å². The predicted molar refractivity (Wildman–Crippen MR) is 135 cm³/mol. The van der Waals surface area contributed by atoms with Crippen molar-refractivity contribution in [1.29, 1.82) is 0 Å². The van der Waals surface area contributed by atoms with Crippen LogP contribution in [0, 0.1) is 6.92 Å². The van der Waals surface area contributed by atoms with Gasteiger partial charge in [-0.1, -0.05) is 72.8 Å². The fraction of sp³-hybridized carbons (Fsp3) is 0.148. The van der Waals surface area contributed by atoms with Crippen LogP contribution in [0.25, 0.3) is 0 Å². The molecular formula is C27H25N5OS. The number of nitrogens with one attached hydrogen (secondary N) is 1. The number of methoxy groups -OCH3 is 1. The first-order valence-electron chi connectivity index (χ1n) is 11.1. The minimum atomic E-state index is -0.264. The Morgan fingerprint density at radius 3 is 2.09 bits per heavy atom. The van der Waals surface area contributed by atoms with Crippen molar-refractivity contribution in [2.75, 3.05) is 12.4 Å². The molecule has 0 unspecified atom stereocenters. The Hall–Kier alpha value is -3.97. The number of benzene rings is 3. The smallest absolute Gasteiger partial charge is 0.180 e. The molecule has 2 heterocycles. The molecule has 0 aliphatic heterocycles. The Morgan fingerprint density at radius 2 is 1.47 bits per heavy atom. The maximum atomic E-state index is 5.60. The van der Waals surface area contributed by atoms with Gasteiger partial charge in [0.2, 0.25) is 0 Å². The lowest BCUT2D eigenvalue weighted by molar-refractivity contribution is 0.416. The SMILES string of the molecule is COc1ccccc1N[C@@H](c1ccc(C)s1)c1nnnn1C(c1ccccc1)c1ccccc1. The van der Waals surface area contributed by atoms with Gasteiger partial charge in [-0.3, -0.25) is 0 Å². The molecule has 0 saturated carbocycles. The largest absolute Gasteiger partial charge is 0.495 e. The second-order valence-corrected chi connectivity index (χ2v) is 9.25. The molecule has 5 rings (SSSR count). The van der Waals surface area contributed by atoms with E-state index in [9.17, 15) is 0 Å². The van der Waals surface area contributed by atoms with Crippen LogP contribution in [0.15, 0.2) is 97.1 Å². The molecule has 7 heteroatoms. The molecule has 5 aromatic rings. The molecule has 0 amide bonds. The maximum Gasteiger partial charge on any atom is 0.180 e. The number of ether oxygens (including phenoxy) is 1. The van der Waals surface area contributed by atoms with Crippen LogP contribution >= 0.6 is 11.3 Å². The van der Waals surface area contributed by atoms with Crippen molar-refractivity contribution >= 4 is 17.0 Å². The highest BCUT2D eigenvalue weighted by atomic mass is 32.1. The minimum absolute atomic E-state index is 0.171. The minimum Gasteiger partial charge on any atom is -0.495 e. The second kappa shape index (κ2) is 9.89. The van der Waals surface area contributed by atoms with Crippen LogP contribution in [0.4, 0.5) is 5.69 Å². The van der Waals surface area contributed by atoms with Crippen LogP contribution < -0.4 is 10.1 Å². The number of para-hydroxylation sites is 2. The monoisotopic (exact) mass is 467 g/mol. The van der Waals surface area contributed by atoms with Gasteiger partial charge in [0, 0.05) is 9.75 Å². The summed E-state index contributed by atoms with van der Waals surface area (Å²) in [6, 6.07) is 32.4. The van der Waals surface area contributed by atoms with Gasteiger partial charge in [-0.15, -0.1) is 16.4 Å². The van der Waals surface area contributed by atoms with E-state index in [1.54, 1.807) is 18.4 Å². The van der Waals surface area contributed by atoms with Crippen molar-refractivity contribution in [1.82, 2.24) is 20.2 Å². The molecule has 170 valence electrons. The summed E-state index contributed by atoms with van der Waals surface area (Å²) in [5, 5.41) is 16.8. The Morgan fingerprint density at radius 1 is 0.824 bits per heavy atom. The molecule has 0 saturated heterocycles. The molecule has 0 radical (unpaired) electrons. The highest BCUT2D eigenvalue weighted by Gasteiger charge is 2.28. The van der Waals surface area contributed by atoms with Gasteiger partial charge >= 0.3 is 0 Å². The third-order valence-corrected chi connectivity index (χ3v) is 6.77. The molecule has 34 heavy (non-hydrogen) atoms. The standard InChI is InChI=1S/C27H25N5OS/c1-19-17-18-24(34-19)25(28-22-15-9-10-16-23(22)33-2)27-29-30-31-32(27)26(20-11-5-3-6-12-20)21-13-7-4-8-14-21/h3-18,25-26,28H,1-2H3/t25-/m0/s1. The summed E-state index contributed by atoms with van der Waals surface area (Å²) in [6.07, 6.45) is 0. The quantitative estimate of drug-likeness (QED) is 0.308. The molecule has 1 atom stereocenters. The lowest BCUT2D eigenvalue weighted by Gasteiger charge is -2.24. The summed E-state index contributed by atoms with van der Waals surface area (Å²) in [4.78, 5) is 2.35. The summed E-state index contributed by atoms with van der Waals surface area (Å²) in [5.41, 5.74) is 3.10. The van der Waals surface area contributed by atoms with Crippen molar-refractivity contribution in [2.45, 2.75) is 19.0 Å². The van der Waals surface area contributed by atoms with E-state index in [-0.39, 0.29) is 12.1 Å². The van der Waals surface area contributed by atoms with Gasteiger partial charge in [-0.05, 0) is 52.7 Å². The van der Waals surface area contributed by atoms with Crippen LogP contribution in [-0.4, -0.2) is 27.3 Å². The van der Waals surface area contributed by atoms with E-state index in [1.165, 1.54) is 4.88 Å². The van der Waals surface area contributed by atoms with Crippen molar-refractivity contribution in [3.05, 3.63) is 124 Å². The van der Waals surface area contributed by atoms with E-state index in [0.29, 0.717) is 0 Å². The summed E-state index contributed by atoms with van der Waals surface area (Å²) >= 11 is 1.73. The fourth-order valence-electron chi connectivity index (χ4n) is 4.11. The van der Waals surface area contributed by atoms with Crippen LogP contribution in [0.2, 0.25) is 0 Å². The van der Waals surface area contributed by atoms with E-state index in [2.05, 4.69) is 64.2 Å². The van der Waals surface area contributed by atoms with Gasteiger partial charge in [-0.25, -0.2) is 4.68 Å². The maximum absolute atomic E-state index is 5.60. The lowest BCUT2D eigenvalue weighted by Crippen LogP contribution is -2.22. The van der Waals surface area contributed by atoms with Crippen LogP contribution in [0.3, 0.4) is 0 Å². The van der Waals surface area contributed by atoms with Crippen molar-refractivity contribution in [2.24, 2.45) is 0 Å². The molecule has 0 aliphatic rings. The number of nitrogens with zero attached hydrogens (tertiary/aromatic N) is 4. The predicted octanol–water partition coefficient (Wildman–Crippen LogP) is 5.89. The normalized spacial score (nSPS) is 12.0. The van der Waals surface area contributed by atoms with E-state index < -0.39 is 0 Å². The van der Waals surface area contributed by atoms with Gasteiger partial charge in [0.25, 0.3) is 0 Å². The first-order chi connectivity index (χ1) is 16.7. The molecule has 2 aromatic heterocycles. The fourth-order valence-corrected chi connectivity index (χ4v) is 5.04. The molecule has 0 fully saturated rings. The second-order valence-electron chi connectivity index (χ2n) is 7.93. The zero-order valence-corrected chi connectivity index (χ0v) is 19.8. The Balaban J connectivity index is 1.65. The van der Waals surface area contributed by atoms with Crippen LogP contribution in [0.1, 0.15) is 38.8 Å². The summed E-state index contributed by atoms with van der Waals surface area (Å²) in [6.45, 7) is 2.11. The van der Waals surface area contributed by atoms with Gasteiger partial charge in [-0.2, -0.15) is 0 Å². The van der Waals surface area contributed by atoms with E-state index in [0.717, 1.165) is 33.3 Å². The average molecular weight is 468 g/mol. The number of anilines is 1. The average Bonchev–Trinajstić information content (AvgIpc) is 3.54. The number of hydrogen-bond acceptors (Lipinski definition) is 6. The van der Waals surface area contributed by atoms with Gasteiger partial charge in [0.05, 0.1) is 12.8 Å². The number of rotatable bonds is 8. The first kappa shape index (κ1) is 21.9. The van der Waals surface area contributed by atoms with Gasteiger partial charge in [0.1, 0.15) is 17.8 Å². The molecule has 0 bridgehead atoms. The molecular weight excluding hydrogens is 442 g/mol. The zero-order valence-electron chi connectivity index (χ0n) is 19.0. The lowest BCUT2D eigenvalue weighted by atomic mass is 9.98. The van der Waals surface area contributed by atoms with Gasteiger partial charge in [0.15, 0.2) is 5.82 Å². The Kier molecular flexibility index (Phi) is 6.35. The number of thiophene rings is 1. The third-order valence-electron chi connectivity index (χ3n) is 5.70. The van der Waals surface area contributed by atoms with E-state index >= 15 is 0 Å². The number of aromatic nitrogens is 4. The Bertz CT molecular complexity index is 1310. The topological polar surface area (TPSA) is 64.9 Å². The first-order valence-corrected chi connectivity index (χ1v) is 11.9. The Labute approximate surface area is 202 Å². The van der Waals surface area contributed by atoms with Crippen molar-refractivity contribution in [3.8, 4) is 5.75 Å². The number of hydrogen-bond donors (Lipinski definition) is 1. The van der Waals surface area contributed by atoms with Crippen LogP contribution in [0.5, 0.6) is 5.75 Å². The summed E-state index contributed by atoms with van der Waals surface area (Å²) < 4.78 is 7.53. The third kappa shape index (κ3) is 4.43. The number of aryl methyl sites for hydroxylation is 1. The summed E-state index contributed by atoms with van der Waals surface area (Å²) in [7, 11) is 1.68. The van der Waals surface area contributed by atoms with Gasteiger partial charge < -0.3 is 10.1 Å². The highest BCUT2D eigenvalue weighted by Crippen LogP contribution is 2.36. The zero-order chi connectivity index (χ0) is 23.3. The summed E-state index contributed by atoms with van der Waals surface area (Å²) in [5.74, 6) is 1.49.